The summed E-state index contributed by atoms with van der Waals surface area (Å²) in [7, 11) is 0. The lowest BCUT2D eigenvalue weighted by molar-refractivity contribution is -0.149. The normalized spacial score (nSPS) is 30.0. The highest BCUT2D eigenvalue weighted by Crippen LogP contribution is 2.31. The van der Waals surface area contributed by atoms with Crippen LogP contribution in [0.4, 0.5) is 0 Å². The number of ether oxygens (including phenoxy) is 1. The van der Waals surface area contributed by atoms with Gasteiger partial charge in [0.2, 0.25) is 0 Å². The fraction of sp³-hybridized carbons (Fsp3) is 0.562. The zero-order valence-electron chi connectivity index (χ0n) is 11.8. The van der Waals surface area contributed by atoms with Crippen LogP contribution in [0.5, 0.6) is 0 Å². The Bertz CT molecular complexity index is 502. The van der Waals surface area contributed by atoms with Crippen LogP contribution in [-0.4, -0.2) is 40.8 Å². The van der Waals surface area contributed by atoms with Crippen molar-refractivity contribution in [3.05, 3.63) is 35.4 Å². The maximum atomic E-state index is 11.2. The number of carbonyl (C=O) groups excluding carboxylic acids is 1. The molecule has 0 saturated heterocycles. The van der Waals surface area contributed by atoms with Crippen molar-refractivity contribution in [1.29, 1.82) is 0 Å². The third kappa shape index (κ3) is 2.72. The predicted molar refractivity (Wildman–Crippen MR) is 75.1 cm³/mol. The van der Waals surface area contributed by atoms with Crippen LogP contribution in [0, 0.1) is 0 Å². The van der Waals surface area contributed by atoms with Gasteiger partial charge in [-0.25, -0.2) is 0 Å². The number of fused-ring (bicyclic) bond motifs is 1. The molecule has 1 heterocycles. The minimum atomic E-state index is -0.360. The van der Waals surface area contributed by atoms with Gasteiger partial charge in [0.1, 0.15) is 6.10 Å². The van der Waals surface area contributed by atoms with Gasteiger partial charge in [-0.05, 0) is 24.0 Å². The Labute approximate surface area is 119 Å². The fourth-order valence-electron chi connectivity index (χ4n) is 3.48. The molecular weight excluding hydrogens is 254 g/mol. The van der Waals surface area contributed by atoms with E-state index in [-0.39, 0.29) is 24.2 Å². The summed E-state index contributed by atoms with van der Waals surface area (Å²) < 4.78 is 5.39. The Kier molecular flexibility index (Phi) is 3.76. The van der Waals surface area contributed by atoms with E-state index >= 15 is 0 Å². The summed E-state index contributed by atoms with van der Waals surface area (Å²) >= 11 is 0. The van der Waals surface area contributed by atoms with Crippen molar-refractivity contribution >= 4 is 5.97 Å². The second-order valence-electron chi connectivity index (χ2n) is 5.83. The van der Waals surface area contributed by atoms with Crippen LogP contribution >= 0.6 is 0 Å². The van der Waals surface area contributed by atoms with Crippen LogP contribution < -0.4 is 0 Å². The van der Waals surface area contributed by atoms with E-state index in [9.17, 15) is 9.90 Å². The maximum Gasteiger partial charge on any atom is 0.302 e. The van der Waals surface area contributed by atoms with Gasteiger partial charge < -0.3 is 9.84 Å². The summed E-state index contributed by atoms with van der Waals surface area (Å²) in [6.07, 6.45) is 1.74. The highest BCUT2D eigenvalue weighted by Gasteiger charge is 2.39. The first-order valence-electron chi connectivity index (χ1n) is 7.29. The molecule has 0 spiro atoms. The number of benzene rings is 1. The molecule has 1 N–H and O–H groups in total. The highest BCUT2D eigenvalue weighted by molar-refractivity contribution is 5.66. The van der Waals surface area contributed by atoms with Crippen molar-refractivity contribution in [3.8, 4) is 0 Å². The quantitative estimate of drug-likeness (QED) is 0.831. The summed E-state index contributed by atoms with van der Waals surface area (Å²) in [5, 5.41) is 9.89. The minimum absolute atomic E-state index is 0.141. The summed E-state index contributed by atoms with van der Waals surface area (Å²) in [4.78, 5) is 13.6. The minimum Gasteiger partial charge on any atom is -0.461 e. The highest BCUT2D eigenvalue weighted by atomic mass is 16.5. The van der Waals surface area contributed by atoms with E-state index in [1.165, 1.54) is 18.1 Å². The van der Waals surface area contributed by atoms with Crippen molar-refractivity contribution in [2.45, 2.75) is 51.0 Å². The zero-order valence-corrected chi connectivity index (χ0v) is 11.8. The monoisotopic (exact) mass is 275 g/mol. The zero-order chi connectivity index (χ0) is 14.1. The van der Waals surface area contributed by atoms with Crippen LogP contribution in [0.15, 0.2) is 24.3 Å². The van der Waals surface area contributed by atoms with Gasteiger partial charge in [-0.2, -0.15) is 0 Å². The number of nitrogens with zero attached hydrogens (tertiary/aromatic N) is 1. The van der Waals surface area contributed by atoms with Gasteiger partial charge in [0.05, 0.1) is 6.10 Å². The van der Waals surface area contributed by atoms with Gasteiger partial charge in [-0.1, -0.05) is 24.3 Å². The molecule has 0 bridgehead atoms. The van der Waals surface area contributed by atoms with E-state index < -0.39 is 0 Å². The first kappa shape index (κ1) is 13.6. The number of carbonyl (C=O) groups is 1. The molecule has 1 aromatic rings. The van der Waals surface area contributed by atoms with Crippen molar-refractivity contribution in [2.24, 2.45) is 0 Å². The molecule has 0 aromatic heterocycles. The van der Waals surface area contributed by atoms with E-state index in [4.69, 9.17) is 4.74 Å². The lowest BCUT2D eigenvalue weighted by Gasteiger charge is -2.36. The summed E-state index contributed by atoms with van der Waals surface area (Å²) in [6.45, 7) is 3.28. The lowest BCUT2D eigenvalue weighted by Crippen LogP contribution is -2.44. The number of hydrogen-bond acceptors (Lipinski definition) is 4. The largest absolute Gasteiger partial charge is 0.461 e. The molecule has 3 atom stereocenters. The average molecular weight is 275 g/mol. The Morgan fingerprint density at radius 3 is 2.80 bits per heavy atom. The topological polar surface area (TPSA) is 49.8 Å². The number of hydrogen-bond donors (Lipinski definition) is 1. The first-order chi connectivity index (χ1) is 9.63. The molecule has 1 aromatic carbocycles. The summed E-state index contributed by atoms with van der Waals surface area (Å²) in [6, 6.07) is 8.63. The Balaban J connectivity index is 1.74. The molecule has 1 fully saturated rings. The molecule has 4 nitrogen and oxygen atoms in total. The second-order valence-corrected chi connectivity index (χ2v) is 5.83. The Morgan fingerprint density at radius 1 is 1.30 bits per heavy atom. The number of aliphatic hydroxyl groups is 1. The van der Waals surface area contributed by atoms with Crippen LogP contribution in [0.2, 0.25) is 0 Å². The van der Waals surface area contributed by atoms with Gasteiger partial charge in [-0.3, -0.25) is 9.69 Å². The molecular formula is C16H21NO3. The summed E-state index contributed by atoms with van der Waals surface area (Å²) in [5.74, 6) is -0.258. The smallest absolute Gasteiger partial charge is 0.302 e. The number of esters is 1. The van der Waals surface area contributed by atoms with Gasteiger partial charge in [0, 0.05) is 32.5 Å². The molecule has 20 heavy (non-hydrogen) atoms. The van der Waals surface area contributed by atoms with Gasteiger partial charge in [0.25, 0.3) is 0 Å². The van der Waals surface area contributed by atoms with Crippen LogP contribution in [0.1, 0.15) is 30.9 Å². The fourth-order valence-corrected chi connectivity index (χ4v) is 3.48. The number of aliphatic hydroxyl groups excluding tert-OH is 1. The van der Waals surface area contributed by atoms with E-state index in [0.29, 0.717) is 12.8 Å². The van der Waals surface area contributed by atoms with Crippen molar-refractivity contribution < 1.29 is 14.6 Å². The second kappa shape index (κ2) is 5.54. The molecule has 0 radical (unpaired) electrons. The SMILES string of the molecule is CC(=O)O[C@H]1C[C@H](O)CC1N1CCc2ccccc2C1. The molecule has 4 heteroatoms. The van der Waals surface area contributed by atoms with E-state index in [2.05, 4.69) is 29.2 Å². The van der Waals surface area contributed by atoms with Crippen molar-refractivity contribution in [2.75, 3.05) is 6.54 Å². The molecule has 1 unspecified atom stereocenters. The first-order valence-corrected chi connectivity index (χ1v) is 7.29. The average Bonchev–Trinajstić information content (AvgIpc) is 2.78. The molecule has 1 aliphatic heterocycles. The maximum absolute atomic E-state index is 11.2. The molecule has 0 amide bonds. The van der Waals surface area contributed by atoms with Gasteiger partial charge in [-0.15, -0.1) is 0 Å². The van der Waals surface area contributed by atoms with Gasteiger partial charge >= 0.3 is 5.97 Å². The van der Waals surface area contributed by atoms with Crippen LogP contribution in [0.3, 0.4) is 0 Å². The van der Waals surface area contributed by atoms with E-state index in [1.54, 1.807) is 0 Å². The lowest BCUT2D eigenvalue weighted by atomic mass is 9.98. The van der Waals surface area contributed by atoms with Crippen LogP contribution in [-0.2, 0) is 22.5 Å². The van der Waals surface area contributed by atoms with E-state index in [1.807, 2.05) is 0 Å². The molecule has 108 valence electrons. The molecule has 1 aliphatic carbocycles. The standard InChI is InChI=1S/C16H21NO3/c1-11(18)20-16-9-14(19)8-15(16)17-7-6-12-4-2-3-5-13(12)10-17/h2-5,14-16,19H,6-10H2,1H3/t14-,15?,16+/m1/s1. The number of rotatable bonds is 2. The Hall–Kier alpha value is -1.39. The van der Waals surface area contributed by atoms with Crippen molar-refractivity contribution in [1.82, 2.24) is 4.90 Å². The third-order valence-corrected chi connectivity index (χ3v) is 4.39. The molecule has 3 rings (SSSR count). The summed E-state index contributed by atoms with van der Waals surface area (Å²) in [5.41, 5.74) is 2.76. The van der Waals surface area contributed by atoms with Crippen LogP contribution in [0.25, 0.3) is 0 Å². The third-order valence-electron chi connectivity index (χ3n) is 4.39. The van der Waals surface area contributed by atoms with Gasteiger partial charge in [0.15, 0.2) is 0 Å². The Morgan fingerprint density at radius 2 is 2.05 bits per heavy atom. The van der Waals surface area contributed by atoms with Crippen molar-refractivity contribution in [3.63, 3.8) is 0 Å². The van der Waals surface area contributed by atoms with E-state index in [0.717, 1.165) is 19.5 Å². The predicted octanol–water partition coefficient (Wildman–Crippen LogP) is 1.50. The molecule has 2 aliphatic rings. The molecule has 1 saturated carbocycles.